The van der Waals surface area contributed by atoms with Gasteiger partial charge in [0, 0.05) is 11.1 Å². The van der Waals surface area contributed by atoms with E-state index < -0.39 is 0 Å². The van der Waals surface area contributed by atoms with Gasteiger partial charge in [-0.1, -0.05) is 6.07 Å². The Morgan fingerprint density at radius 2 is 2.36 bits per heavy atom. The van der Waals surface area contributed by atoms with Crippen LogP contribution in [-0.2, 0) is 0 Å². The summed E-state index contributed by atoms with van der Waals surface area (Å²) in [4.78, 5) is 1.61. The molecule has 4 N–H and O–H groups in total. The van der Waals surface area contributed by atoms with Crippen molar-refractivity contribution in [1.82, 2.24) is 9.89 Å². The molecule has 1 aromatic heterocycles. The SMILES string of the molecule is Nc1cccc2c1cnn2NCCO. The van der Waals surface area contributed by atoms with Gasteiger partial charge in [0.25, 0.3) is 0 Å². The molecule has 5 heteroatoms. The zero-order valence-electron chi connectivity index (χ0n) is 7.64. The average Bonchev–Trinajstić information content (AvgIpc) is 2.60. The number of aliphatic hydroxyl groups is 1. The lowest BCUT2D eigenvalue weighted by molar-refractivity contribution is 0.306. The highest BCUT2D eigenvalue weighted by molar-refractivity contribution is 5.90. The molecule has 0 spiro atoms. The number of hydrogen-bond donors (Lipinski definition) is 3. The molecule has 0 bridgehead atoms. The molecule has 74 valence electrons. The van der Waals surface area contributed by atoms with Gasteiger partial charge in [-0.3, -0.25) is 0 Å². The first-order valence-corrected chi connectivity index (χ1v) is 4.40. The van der Waals surface area contributed by atoms with Crippen molar-refractivity contribution in [3.63, 3.8) is 0 Å². The van der Waals surface area contributed by atoms with Crippen LogP contribution in [0.1, 0.15) is 0 Å². The number of nitrogen functional groups attached to an aromatic ring is 1. The fraction of sp³-hybridized carbons (Fsp3) is 0.222. The van der Waals surface area contributed by atoms with E-state index in [0.29, 0.717) is 12.2 Å². The smallest absolute Gasteiger partial charge is 0.0939 e. The molecule has 0 radical (unpaired) electrons. The fourth-order valence-corrected chi connectivity index (χ4v) is 1.36. The van der Waals surface area contributed by atoms with Gasteiger partial charge in [-0.15, -0.1) is 0 Å². The fourth-order valence-electron chi connectivity index (χ4n) is 1.36. The van der Waals surface area contributed by atoms with Crippen molar-refractivity contribution in [2.24, 2.45) is 0 Å². The van der Waals surface area contributed by atoms with Gasteiger partial charge in [0.15, 0.2) is 0 Å². The molecule has 2 aromatic rings. The molecule has 0 atom stereocenters. The van der Waals surface area contributed by atoms with Crippen LogP contribution in [0.3, 0.4) is 0 Å². The third kappa shape index (κ3) is 1.38. The third-order valence-electron chi connectivity index (χ3n) is 2.02. The van der Waals surface area contributed by atoms with E-state index in [4.69, 9.17) is 10.8 Å². The highest BCUT2D eigenvalue weighted by atomic mass is 16.3. The lowest BCUT2D eigenvalue weighted by Crippen LogP contribution is -2.19. The topological polar surface area (TPSA) is 76.1 Å². The molecule has 0 fully saturated rings. The number of nitrogens with zero attached hydrogens (tertiary/aromatic N) is 2. The number of rotatable bonds is 3. The molecular weight excluding hydrogens is 180 g/mol. The van der Waals surface area contributed by atoms with E-state index in [1.54, 1.807) is 11.0 Å². The summed E-state index contributed by atoms with van der Waals surface area (Å²) in [6.07, 6.45) is 1.70. The van der Waals surface area contributed by atoms with E-state index >= 15 is 0 Å². The lowest BCUT2D eigenvalue weighted by atomic mass is 10.2. The third-order valence-corrected chi connectivity index (χ3v) is 2.02. The van der Waals surface area contributed by atoms with Crippen LogP contribution in [0.4, 0.5) is 5.69 Å². The quantitative estimate of drug-likeness (QED) is 0.605. The van der Waals surface area contributed by atoms with Crippen LogP contribution in [0.15, 0.2) is 24.4 Å². The van der Waals surface area contributed by atoms with Gasteiger partial charge < -0.3 is 16.3 Å². The van der Waals surface area contributed by atoms with Gasteiger partial charge in [0.05, 0.1) is 24.9 Å². The zero-order valence-corrected chi connectivity index (χ0v) is 7.64. The minimum absolute atomic E-state index is 0.0731. The number of nitrogens with two attached hydrogens (primary N) is 1. The molecule has 0 aliphatic carbocycles. The Balaban J connectivity index is 2.42. The number of anilines is 1. The van der Waals surface area contributed by atoms with Crippen LogP contribution >= 0.6 is 0 Å². The first-order valence-electron chi connectivity index (χ1n) is 4.40. The maximum atomic E-state index is 8.66. The Morgan fingerprint density at radius 3 is 3.14 bits per heavy atom. The monoisotopic (exact) mass is 192 g/mol. The maximum Gasteiger partial charge on any atom is 0.0939 e. The van der Waals surface area contributed by atoms with Gasteiger partial charge in [-0.25, -0.2) is 0 Å². The molecule has 0 aliphatic heterocycles. The van der Waals surface area contributed by atoms with Gasteiger partial charge in [-0.2, -0.15) is 9.89 Å². The maximum absolute atomic E-state index is 8.66. The van der Waals surface area contributed by atoms with Gasteiger partial charge in [0.2, 0.25) is 0 Å². The largest absolute Gasteiger partial charge is 0.398 e. The van der Waals surface area contributed by atoms with E-state index in [-0.39, 0.29) is 6.61 Å². The summed E-state index contributed by atoms with van der Waals surface area (Å²) in [6.45, 7) is 0.537. The standard InChI is InChI=1S/C9H12N4O/c10-8-2-1-3-9-7(8)6-12-13(9)11-4-5-14/h1-3,6,11,14H,4-5,10H2. The second-order valence-corrected chi connectivity index (χ2v) is 2.97. The van der Waals surface area contributed by atoms with Crippen LogP contribution in [0, 0.1) is 0 Å². The highest BCUT2D eigenvalue weighted by Gasteiger charge is 2.03. The Bertz CT molecular complexity index is 437. The summed E-state index contributed by atoms with van der Waals surface area (Å²) >= 11 is 0. The molecule has 5 nitrogen and oxygen atoms in total. The Hall–Kier alpha value is -1.75. The number of aromatic nitrogens is 2. The normalized spacial score (nSPS) is 10.6. The molecule has 14 heavy (non-hydrogen) atoms. The van der Waals surface area contributed by atoms with Crippen molar-refractivity contribution < 1.29 is 5.11 Å². The molecule has 1 aromatic carbocycles. The van der Waals surface area contributed by atoms with Crippen molar-refractivity contribution in [3.05, 3.63) is 24.4 Å². The number of fused-ring (bicyclic) bond motifs is 1. The zero-order chi connectivity index (χ0) is 9.97. The van der Waals surface area contributed by atoms with Crippen molar-refractivity contribution in [1.29, 1.82) is 0 Å². The summed E-state index contributed by atoms with van der Waals surface area (Å²) in [5, 5.41) is 13.7. The molecule has 0 saturated carbocycles. The summed E-state index contributed by atoms with van der Waals surface area (Å²) in [6, 6.07) is 5.62. The Labute approximate surface area is 81.1 Å². The van der Waals surface area contributed by atoms with Crippen LogP contribution in [0.25, 0.3) is 10.9 Å². The molecule has 1 heterocycles. The van der Waals surface area contributed by atoms with E-state index in [2.05, 4.69) is 10.5 Å². The number of hydrogen-bond acceptors (Lipinski definition) is 4. The number of aliphatic hydroxyl groups excluding tert-OH is 1. The van der Waals surface area contributed by atoms with E-state index in [9.17, 15) is 0 Å². The lowest BCUT2D eigenvalue weighted by Gasteiger charge is -2.05. The van der Waals surface area contributed by atoms with Gasteiger partial charge >= 0.3 is 0 Å². The van der Waals surface area contributed by atoms with Crippen LogP contribution in [0.5, 0.6) is 0 Å². The predicted molar refractivity (Wildman–Crippen MR) is 55.5 cm³/mol. The van der Waals surface area contributed by atoms with Gasteiger partial charge in [0.1, 0.15) is 0 Å². The number of nitrogens with one attached hydrogen (secondary N) is 1. The summed E-state index contributed by atoms with van der Waals surface area (Å²) in [5.74, 6) is 0. The highest BCUT2D eigenvalue weighted by Crippen LogP contribution is 2.18. The van der Waals surface area contributed by atoms with Crippen molar-refractivity contribution in [3.8, 4) is 0 Å². The molecule has 0 unspecified atom stereocenters. The number of benzene rings is 1. The second kappa shape index (κ2) is 3.55. The van der Waals surface area contributed by atoms with Crippen molar-refractivity contribution >= 4 is 16.6 Å². The average molecular weight is 192 g/mol. The van der Waals surface area contributed by atoms with Crippen LogP contribution in [-0.4, -0.2) is 28.1 Å². The van der Waals surface area contributed by atoms with Crippen LogP contribution in [0.2, 0.25) is 0 Å². The first kappa shape index (κ1) is 8.83. The summed E-state index contributed by atoms with van der Waals surface area (Å²) in [5.41, 5.74) is 10.3. The predicted octanol–water partition coefficient (Wildman–Crippen LogP) is 0.154. The Morgan fingerprint density at radius 1 is 1.50 bits per heavy atom. The molecule has 2 rings (SSSR count). The van der Waals surface area contributed by atoms with E-state index in [1.807, 2.05) is 18.2 Å². The summed E-state index contributed by atoms with van der Waals surface area (Å²) in [7, 11) is 0. The Kier molecular flexibility index (Phi) is 2.24. The summed E-state index contributed by atoms with van der Waals surface area (Å²) < 4.78 is 0. The molecule has 0 saturated heterocycles. The molecule has 0 amide bonds. The molecule has 0 aliphatic rings. The second-order valence-electron chi connectivity index (χ2n) is 2.97. The van der Waals surface area contributed by atoms with Crippen molar-refractivity contribution in [2.75, 3.05) is 24.3 Å². The minimum Gasteiger partial charge on any atom is -0.398 e. The van der Waals surface area contributed by atoms with Crippen LogP contribution < -0.4 is 11.2 Å². The minimum atomic E-state index is 0.0731. The van der Waals surface area contributed by atoms with E-state index in [1.165, 1.54) is 0 Å². The van der Waals surface area contributed by atoms with E-state index in [0.717, 1.165) is 10.9 Å². The van der Waals surface area contributed by atoms with Crippen molar-refractivity contribution in [2.45, 2.75) is 0 Å². The molecular formula is C9H12N4O. The van der Waals surface area contributed by atoms with Gasteiger partial charge in [-0.05, 0) is 12.1 Å². The first-order chi connectivity index (χ1) is 6.83.